The first-order valence-corrected chi connectivity index (χ1v) is 7.08. The van der Waals surface area contributed by atoms with Crippen LogP contribution in [0.25, 0.3) is 5.82 Å². The Bertz CT molecular complexity index is 944. The van der Waals surface area contributed by atoms with Crippen molar-refractivity contribution in [3.05, 3.63) is 47.0 Å². The minimum absolute atomic E-state index is 0.0186. The van der Waals surface area contributed by atoms with Crippen molar-refractivity contribution in [3.8, 4) is 5.82 Å². The van der Waals surface area contributed by atoms with E-state index in [1.165, 1.54) is 16.8 Å². The number of hydrazone groups is 1. The van der Waals surface area contributed by atoms with Gasteiger partial charge in [0.1, 0.15) is 5.82 Å². The predicted octanol–water partition coefficient (Wildman–Crippen LogP) is 0.834. The van der Waals surface area contributed by atoms with Crippen LogP contribution in [0, 0.1) is 12.7 Å². The molecule has 1 aromatic carbocycles. The highest BCUT2D eigenvalue weighted by Crippen LogP contribution is 2.14. The fourth-order valence-corrected chi connectivity index (χ4v) is 2.02. The van der Waals surface area contributed by atoms with Crippen molar-refractivity contribution in [1.82, 2.24) is 30.7 Å². The molecule has 0 aliphatic heterocycles. The summed E-state index contributed by atoms with van der Waals surface area (Å²) in [5, 5.41) is 18.6. The number of nitrogens with one attached hydrogen (secondary N) is 1. The maximum Gasteiger partial charge on any atom is 0.293 e. The van der Waals surface area contributed by atoms with E-state index in [2.05, 4.69) is 35.8 Å². The van der Waals surface area contributed by atoms with Crippen LogP contribution in [0.4, 0.5) is 10.2 Å². The number of carbonyl (C=O) groups excluding carboxylic acids is 1. The second-order valence-electron chi connectivity index (χ2n) is 5.05. The molecule has 3 N–H and O–H groups in total. The first kappa shape index (κ1) is 16.2. The Balaban J connectivity index is 1.78. The van der Waals surface area contributed by atoms with Crippen LogP contribution in [0.3, 0.4) is 0 Å². The Morgan fingerprint density at radius 2 is 2.04 bits per heavy atom. The number of nitrogens with zero attached hydrogens (tertiary/aromatic N) is 6. The highest BCUT2D eigenvalue weighted by molar-refractivity contribution is 6.00. The normalized spacial score (nSPS) is 11.6. The van der Waals surface area contributed by atoms with Gasteiger partial charge in [0.2, 0.25) is 11.6 Å². The molecule has 0 aliphatic rings. The van der Waals surface area contributed by atoms with Crippen molar-refractivity contribution in [2.45, 2.75) is 13.8 Å². The fourth-order valence-electron chi connectivity index (χ4n) is 2.02. The second kappa shape index (κ2) is 6.47. The molecule has 0 spiro atoms. The molecule has 0 fully saturated rings. The zero-order chi connectivity index (χ0) is 18.0. The van der Waals surface area contributed by atoms with Gasteiger partial charge in [-0.25, -0.2) is 14.4 Å². The summed E-state index contributed by atoms with van der Waals surface area (Å²) in [4.78, 5) is 12.2. The highest BCUT2D eigenvalue weighted by atomic mass is 19.1. The van der Waals surface area contributed by atoms with Crippen molar-refractivity contribution < 1.29 is 13.8 Å². The predicted molar refractivity (Wildman–Crippen MR) is 84.4 cm³/mol. The van der Waals surface area contributed by atoms with Crippen LogP contribution in [0.2, 0.25) is 0 Å². The average Bonchev–Trinajstić information content (AvgIpc) is 3.18. The zero-order valence-corrected chi connectivity index (χ0v) is 13.3. The summed E-state index contributed by atoms with van der Waals surface area (Å²) in [5.74, 6) is -0.769. The molecule has 0 saturated heterocycles. The SMILES string of the molecule is C/C(=N\NC(=O)c1nnn(-c2nonc2N)c1C)c1ccc(F)cc1. The zero-order valence-electron chi connectivity index (χ0n) is 13.3. The molecule has 0 unspecified atom stereocenters. The van der Waals surface area contributed by atoms with Gasteiger partial charge in [-0.15, -0.1) is 5.10 Å². The molecule has 128 valence electrons. The Labute approximate surface area is 140 Å². The van der Waals surface area contributed by atoms with Gasteiger partial charge in [0.25, 0.3) is 5.91 Å². The van der Waals surface area contributed by atoms with Gasteiger partial charge >= 0.3 is 0 Å². The van der Waals surface area contributed by atoms with Crippen molar-refractivity contribution in [3.63, 3.8) is 0 Å². The van der Waals surface area contributed by atoms with Crippen molar-refractivity contribution in [2.24, 2.45) is 5.10 Å². The number of nitrogen functional groups attached to an aromatic ring is 1. The minimum atomic E-state index is -0.569. The molecule has 2 aromatic heterocycles. The third kappa shape index (κ3) is 3.20. The molecule has 10 nitrogen and oxygen atoms in total. The summed E-state index contributed by atoms with van der Waals surface area (Å²) in [7, 11) is 0. The standard InChI is InChI=1S/C14H13FN8O2/c1-7(9-3-5-10(15)6-4-9)17-19-14(24)11-8(2)23(22-18-11)13-12(16)20-25-21-13/h3-6H,1-2H3,(H2,16,20)(H,19,24)/b17-7+. The van der Waals surface area contributed by atoms with Gasteiger partial charge in [0.15, 0.2) is 5.69 Å². The van der Waals surface area contributed by atoms with Crippen molar-refractivity contribution in [1.29, 1.82) is 0 Å². The quantitative estimate of drug-likeness (QED) is 0.528. The van der Waals surface area contributed by atoms with Crippen LogP contribution >= 0.6 is 0 Å². The van der Waals surface area contributed by atoms with E-state index in [0.717, 1.165) is 0 Å². The third-order valence-corrected chi connectivity index (χ3v) is 3.39. The molecule has 0 saturated carbocycles. The minimum Gasteiger partial charge on any atom is -0.378 e. The van der Waals surface area contributed by atoms with Crippen LogP contribution in [0.15, 0.2) is 34.0 Å². The van der Waals surface area contributed by atoms with E-state index in [4.69, 9.17) is 5.73 Å². The monoisotopic (exact) mass is 344 g/mol. The summed E-state index contributed by atoms with van der Waals surface area (Å²) in [5.41, 5.74) is 9.57. The van der Waals surface area contributed by atoms with Gasteiger partial charge in [-0.1, -0.05) is 17.3 Å². The number of carbonyl (C=O) groups is 1. The number of benzene rings is 1. The van der Waals surface area contributed by atoms with Crippen LogP contribution in [-0.2, 0) is 0 Å². The number of halogens is 1. The summed E-state index contributed by atoms with van der Waals surface area (Å²) in [6.07, 6.45) is 0. The van der Waals surface area contributed by atoms with E-state index in [0.29, 0.717) is 17.0 Å². The van der Waals surface area contributed by atoms with E-state index in [1.807, 2.05) is 0 Å². The lowest BCUT2D eigenvalue weighted by molar-refractivity contribution is 0.0949. The molecular weight excluding hydrogens is 331 g/mol. The van der Waals surface area contributed by atoms with Gasteiger partial charge in [-0.05, 0) is 41.9 Å². The molecule has 0 radical (unpaired) electrons. The summed E-state index contributed by atoms with van der Waals surface area (Å²) >= 11 is 0. The van der Waals surface area contributed by atoms with Gasteiger partial charge in [0.05, 0.1) is 11.4 Å². The lowest BCUT2D eigenvalue weighted by Crippen LogP contribution is -2.21. The van der Waals surface area contributed by atoms with E-state index in [1.54, 1.807) is 26.0 Å². The Morgan fingerprint density at radius 1 is 1.32 bits per heavy atom. The topological polar surface area (TPSA) is 137 Å². The summed E-state index contributed by atoms with van der Waals surface area (Å²) in [6, 6.07) is 5.73. The summed E-state index contributed by atoms with van der Waals surface area (Å²) in [6.45, 7) is 3.29. The maximum atomic E-state index is 12.9. The van der Waals surface area contributed by atoms with Crippen LogP contribution in [0.5, 0.6) is 0 Å². The Morgan fingerprint density at radius 3 is 2.68 bits per heavy atom. The number of aromatic nitrogens is 5. The molecule has 0 aliphatic carbocycles. The average molecular weight is 344 g/mol. The third-order valence-electron chi connectivity index (χ3n) is 3.39. The number of amides is 1. The Kier molecular flexibility index (Phi) is 4.20. The van der Waals surface area contributed by atoms with Gasteiger partial charge in [-0.3, -0.25) is 4.79 Å². The van der Waals surface area contributed by atoms with E-state index < -0.39 is 5.91 Å². The molecule has 2 heterocycles. The maximum absolute atomic E-state index is 12.9. The van der Waals surface area contributed by atoms with E-state index >= 15 is 0 Å². The van der Waals surface area contributed by atoms with Gasteiger partial charge in [0, 0.05) is 0 Å². The second-order valence-corrected chi connectivity index (χ2v) is 5.05. The molecule has 11 heteroatoms. The number of hydrogen-bond acceptors (Lipinski definition) is 8. The summed E-state index contributed by atoms with van der Waals surface area (Å²) < 4.78 is 18.7. The molecule has 1 amide bonds. The van der Waals surface area contributed by atoms with Gasteiger partial charge in [-0.2, -0.15) is 9.78 Å². The molecule has 0 bridgehead atoms. The molecule has 0 atom stereocenters. The van der Waals surface area contributed by atoms with E-state index in [9.17, 15) is 9.18 Å². The number of anilines is 1. The smallest absolute Gasteiger partial charge is 0.293 e. The fraction of sp³-hybridized carbons (Fsp3) is 0.143. The molecule has 3 aromatic rings. The Hall–Kier alpha value is -3.63. The lowest BCUT2D eigenvalue weighted by Gasteiger charge is -2.02. The first-order chi connectivity index (χ1) is 12.0. The molecule has 25 heavy (non-hydrogen) atoms. The largest absolute Gasteiger partial charge is 0.378 e. The van der Waals surface area contributed by atoms with Crippen LogP contribution < -0.4 is 11.2 Å². The molecule has 3 rings (SSSR count). The first-order valence-electron chi connectivity index (χ1n) is 7.08. The number of hydrogen-bond donors (Lipinski definition) is 2. The number of nitrogens with two attached hydrogens (primary N) is 1. The number of rotatable bonds is 4. The van der Waals surface area contributed by atoms with Crippen LogP contribution in [-0.4, -0.2) is 36.9 Å². The van der Waals surface area contributed by atoms with Crippen molar-refractivity contribution in [2.75, 3.05) is 5.73 Å². The van der Waals surface area contributed by atoms with Crippen molar-refractivity contribution >= 4 is 17.4 Å². The lowest BCUT2D eigenvalue weighted by atomic mass is 10.1. The highest BCUT2D eigenvalue weighted by Gasteiger charge is 2.20. The van der Waals surface area contributed by atoms with Crippen LogP contribution in [0.1, 0.15) is 28.7 Å². The van der Waals surface area contributed by atoms with Gasteiger partial charge < -0.3 is 5.73 Å². The van der Waals surface area contributed by atoms with E-state index in [-0.39, 0.29) is 23.1 Å². The molecular formula is C14H13FN8O2.